The van der Waals surface area contributed by atoms with Crippen LogP contribution in [0.25, 0.3) is 0 Å². The summed E-state index contributed by atoms with van der Waals surface area (Å²) in [5.74, 6) is 0.242. The minimum atomic E-state index is -4.49. The molecule has 110 valence electrons. The summed E-state index contributed by atoms with van der Waals surface area (Å²) in [5, 5.41) is 5.29. The summed E-state index contributed by atoms with van der Waals surface area (Å²) in [6.45, 7) is 0.834. The molecular weight excluding hydrogens is 293 g/mol. The Balaban J connectivity index is 1.93. The Morgan fingerprint density at radius 1 is 1.30 bits per heavy atom. The van der Waals surface area contributed by atoms with Gasteiger partial charge in [0.05, 0.1) is 12.1 Å². The van der Waals surface area contributed by atoms with E-state index in [4.69, 9.17) is 11.6 Å². The molecule has 0 spiro atoms. The van der Waals surface area contributed by atoms with Crippen molar-refractivity contribution in [3.63, 3.8) is 0 Å². The lowest BCUT2D eigenvalue weighted by Gasteiger charge is -2.11. The predicted molar refractivity (Wildman–Crippen MR) is 70.7 cm³/mol. The maximum atomic E-state index is 12.6. The molecule has 2 N–H and O–H groups in total. The summed E-state index contributed by atoms with van der Waals surface area (Å²) in [7, 11) is 0. The fourth-order valence-electron chi connectivity index (χ4n) is 1.74. The molecule has 1 fully saturated rings. The number of alkyl halides is 3. The van der Waals surface area contributed by atoms with Crippen LogP contribution in [0.1, 0.15) is 18.4 Å². The molecule has 2 rings (SSSR count). The summed E-state index contributed by atoms with van der Waals surface area (Å²) in [6.07, 6.45) is -2.16. The van der Waals surface area contributed by atoms with E-state index in [0.29, 0.717) is 5.92 Å². The van der Waals surface area contributed by atoms with Gasteiger partial charge >= 0.3 is 6.18 Å². The van der Waals surface area contributed by atoms with Crippen molar-refractivity contribution < 1.29 is 18.0 Å². The molecule has 0 saturated heterocycles. The average Bonchev–Trinajstić information content (AvgIpc) is 3.11. The standard InChI is InChI=1S/C13H14ClF3N2O/c14-10-3-9(13(15,16)17)4-11(5-10)19-12(20)7-18-6-8-1-2-8/h3-5,8,18H,1-2,6-7H2,(H,19,20). The number of carbonyl (C=O) groups is 1. The number of anilines is 1. The van der Waals surface area contributed by atoms with Gasteiger partial charge in [-0.2, -0.15) is 13.2 Å². The number of amides is 1. The molecule has 1 aromatic carbocycles. The average molecular weight is 307 g/mol. The molecule has 20 heavy (non-hydrogen) atoms. The van der Waals surface area contributed by atoms with Gasteiger partial charge in [0.2, 0.25) is 5.91 Å². The number of halogens is 4. The summed E-state index contributed by atoms with van der Waals surface area (Å²) >= 11 is 5.63. The molecule has 0 atom stereocenters. The minimum Gasteiger partial charge on any atom is -0.325 e. The SMILES string of the molecule is O=C(CNCC1CC1)Nc1cc(Cl)cc(C(F)(F)F)c1. The van der Waals surface area contributed by atoms with E-state index in [-0.39, 0.29) is 23.2 Å². The second kappa shape index (κ2) is 6.01. The second-order valence-electron chi connectivity index (χ2n) is 4.85. The maximum absolute atomic E-state index is 12.6. The van der Waals surface area contributed by atoms with Crippen LogP contribution in [0.3, 0.4) is 0 Å². The normalized spacial score (nSPS) is 15.2. The predicted octanol–water partition coefficient (Wildman–Crippen LogP) is 3.30. The lowest BCUT2D eigenvalue weighted by Crippen LogP contribution is -2.29. The summed E-state index contributed by atoms with van der Waals surface area (Å²) in [5.41, 5.74) is -0.839. The summed E-state index contributed by atoms with van der Waals surface area (Å²) in [6, 6.07) is 2.98. The highest BCUT2D eigenvalue weighted by Crippen LogP contribution is 2.33. The van der Waals surface area contributed by atoms with Gasteiger partial charge < -0.3 is 10.6 Å². The van der Waals surface area contributed by atoms with Crippen molar-refractivity contribution in [2.24, 2.45) is 5.92 Å². The third-order valence-corrected chi connectivity index (χ3v) is 3.14. The van der Waals surface area contributed by atoms with Crippen LogP contribution in [-0.2, 0) is 11.0 Å². The smallest absolute Gasteiger partial charge is 0.325 e. The monoisotopic (exact) mass is 306 g/mol. The minimum absolute atomic E-state index is 0.0445. The van der Waals surface area contributed by atoms with Crippen molar-refractivity contribution in [3.05, 3.63) is 28.8 Å². The van der Waals surface area contributed by atoms with Crippen LogP contribution in [0.4, 0.5) is 18.9 Å². The molecule has 1 aliphatic carbocycles. The zero-order valence-corrected chi connectivity index (χ0v) is 11.3. The van der Waals surface area contributed by atoms with Gasteiger partial charge in [0.15, 0.2) is 0 Å². The van der Waals surface area contributed by atoms with Gasteiger partial charge in [-0.1, -0.05) is 11.6 Å². The quantitative estimate of drug-likeness (QED) is 0.876. The Bertz CT molecular complexity index is 501. The van der Waals surface area contributed by atoms with Gasteiger partial charge in [0.1, 0.15) is 0 Å². The molecular formula is C13H14ClF3N2O. The number of nitrogens with one attached hydrogen (secondary N) is 2. The molecule has 0 heterocycles. The van der Waals surface area contributed by atoms with Crippen molar-refractivity contribution in [3.8, 4) is 0 Å². The van der Waals surface area contributed by atoms with Crippen LogP contribution in [0.2, 0.25) is 5.02 Å². The Kier molecular flexibility index (Phi) is 4.55. The van der Waals surface area contributed by atoms with Crippen LogP contribution in [0.5, 0.6) is 0 Å². The molecule has 3 nitrogen and oxygen atoms in total. The largest absolute Gasteiger partial charge is 0.416 e. The molecule has 0 bridgehead atoms. The van der Waals surface area contributed by atoms with Crippen molar-refractivity contribution in [1.29, 1.82) is 0 Å². The van der Waals surface area contributed by atoms with Crippen molar-refractivity contribution in [2.45, 2.75) is 19.0 Å². The topological polar surface area (TPSA) is 41.1 Å². The Labute approximate surface area is 119 Å². The first-order valence-corrected chi connectivity index (χ1v) is 6.61. The Hall–Kier alpha value is -1.27. The van der Waals surface area contributed by atoms with E-state index in [1.807, 2.05) is 0 Å². The second-order valence-corrected chi connectivity index (χ2v) is 5.29. The van der Waals surface area contributed by atoms with Gasteiger partial charge in [-0.05, 0) is 43.5 Å². The third kappa shape index (κ3) is 4.68. The van der Waals surface area contributed by atoms with Crippen molar-refractivity contribution in [1.82, 2.24) is 5.32 Å². The molecule has 0 aromatic heterocycles. The van der Waals surface area contributed by atoms with E-state index in [9.17, 15) is 18.0 Å². The highest BCUT2D eigenvalue weighted by atomic mass is 35.5. The number of carbonyl (C=O) groups excluding carboxylic acids is 1. The Morgan fingerprint density at radius 3 is 2.60 bits per heavy atom. The number of benzene rings is 1. The molecule has 7 heteroatoms. The van der Waals surface area contributed by atoms with E-state index in [0.717, 1.165) is 31.5 Å². The highest BCUT2D eigenvalue weighted by Gasteiger charge is 2.31. The third-order valence-electron chi connectivity index (χ3n) is 2.92. The fraction of sp³-hybridized carbons (Fsp3) is 0.462. The van der Waals surface area contributed by atoms with Crippen molar-refractivity contribution >= 4 is 23.2 Å². The van der Waals surface area contributed by atoms with Crippen LogP contribution >= 0.6 is 11.6 Å². The van der Waals surface area contributed by atoms with Gasteiger partial charge in [0.25, 0.3) is 0 Å². The van der Waals surface area contributed by atoms with Crippen LogP contribution in [0.15, 0.2) is 18.2 Å². The molecule has 1 saturated carbocycles. The number of rotatable bonds is 5. The summed E-state index contributed by atoms with van der Waals surface area (Å²) < 4.78 is 37.8. The lowest BCUT2D eigenvalue weighted by molar-refractivity contribution is -0.137. The van der Waals surface area contributed by atoms with E-state index in [1.54, 1.807) is 0 Å². The van der Waals surface area contributed by atoms with Gasteiger partial charge in [0, 0.05) is 10.7 Å². The van der Waals surface area contributed by atoms with Gasteiger partial charge in [-0.3, -0.25) is 4.79 Å². The zero-order chi connectivity index (χ0) is 14.8. The van der Waals surface area contributed by atoms with E-state index in [1.165, 1.54) is 6.07 Å². The highest BCUT2D eigenvalue weighted by molar-refractivity contribution is 6.31. The summed E-state index contributed by atoms with van der Waals surface area (Å²) in [4.78, 5) is 11.6. The van der Waals surface area contributed by atoms with E-state index in [2.05, 4.69) is 10.6 Å². The first kappa shape index (κ1) is 15.1. The molecule has 1 aliphatic rings. The first-order chi connectivity index (χ1) is 9.34. The zero-order valence-electron chi connectivity index (χ0n) is 10.6. The molecule has 0 unspecified atom stereocenters. The number of hydrogen-bond acceptors (Lipinski definition) is 2. The maximum Gasteiger partial charge on any atom is 0.416 e. The Morgan fingerprint density at radius 2 is 2.00 bits per heavy atom. The molecule has 1 amide bonds. The molecule has 1 aromatic rings. The van der Waals surface area contributed by atoms with Crippen LogP contribution in [-0.4, -0.2) is 19.0 Å². The van der Waals surface area contributed by atoms with E-state index >= 15 is 0 Å². The van der Waals surface area contributed by atoms with Gasteiger partial charge in [-0.15, -0.1) is 0 Å². The fourth-order valence-corrected chi connectivity index (χ4v) is 1.98. The van der Waals surface area contributed by atoms with Crippen LogP contribution in [0, 0.1) is 5.92 Å². The van der Waals surface area contributed by atoms with Gasteiger partial charge in [-0.25, -0.2) is 0 Å². The molecule has 0 radical (unpaired) electrons. The molecule has 0 aliphatic heterocycles. The first-order valence-electron chi connectivity index (χ1n) is 6.23. The van der Waals surface area contributed by atoms with Crippen LogP contribution < -0.4 is 10.6 Å². The van der Waals surface area contributed by atoms with E-state index < -0.39 is 11.7 Å². The van der Waals surface area contributed by atoms with Crippen molar-refractivity contribution in [2.75, 3.05) is 18.4 Å². The lowest BCUT2D eigenvalue weighted by atomic mass is 10.2. The number of hydrogen-bond donors (Lipinski definition) is 2.